The number of amides is 2. The van der Waals surface area contributed by atoms with Crippen molar-refractivity contribution in [1.82, 2.24) is 15.6 Å². The number of urea groups is 1. The minimum absolute atomic E-state index is 0.0711. The smallest absolute Gasteiger partial charge is 0.439 e. The van der Waals surface area contributed by atoms with Gasteiger partial charge >= 0.3 is 6.03 Å². The Labute approximate surface area is 248 Å². The Morgan fingerprint density at radius 1 is 1.02 bits per heavy atom. The largest absolute Gasteiger partial charge is 0.599 e. The fourth-order valence-electron chi connectivity index (χ4n) is 4.76. The Bertz CT molecular complexity index is 1570. The third kappa shape index (κ3) is 7.60. The van der Waals surface area contributed by atoms with Gasteiger partial charge in [0.2, 0.25) is 0 Å². The second-order valence-corrected chi connectivity index (χ2v) is 10.1. The molecule has 226 valence electrons. The zero-order chi connectivity index (χ0) is 30.2. The maximum absolute atomic E-state index is 15.1. The van der Waals surface area contributed by atoms with Gasteiger partial charge in [-0.2, -0.15) is 5.17 Å². The van der Waals surface area contributed by atoms with Crippen LogP contribution in [0.1, 0.15) is 18.4 Å². The molecule has 11 nitrogen and oxygen atoms in total. The lowest BCUT2D eigenvalue weighted by Gasteiger charge is -2.23. The number of hydrogen-bond donors (Lipinski definition) is 4. The molecular weight excluding hydrogens is 557 g/mol. The highest BCUT2D eigenvalue weighted by molar-refractivity contribution is 5.88. The van der Waals surface area contributed by atoms with E-state index < -0.39 is 17.0 Å². The van der Waals surface area contributed by atoms with Gasteiger partial charge in [-0.25, -0.2) is 14.6 Å². The van der Waals surface area contributed by atoms with E-state index in [1.165, 1.54) is 12.1 Å². The molecule has 1 saturated heterocycles. The summed E-state index contributed by atoms with van der Waals surface area (Å²) < 4.78 is 37.8. The molecule has 1 aromatic heterocycles. The number of fused-ring (bicyclic) bond motifs is 1. The van der Waals surface area contributed by atoms with Crippen LogP contribution < -0.4 is 40.2 Å². The van der Waals surface area contributed by atoms with Crippen LogP contribution >= 0.6 is 0 Å². The first-order chi connectivity index (χ1) is 20.9. The fraction of sp³-hybridized carbons (Fsp3) is 0.290. The van der Waals surface area contributed by atoms with Crippen molar-refractivity contribution in [3.63, 3.8) is 0 Å². The van der Waals surface area contributed by atoms with Crippen LogP contribution in [0.5, 0.6) is 28.7 Å². The monoisotopic (exact) mass is 591 g/mol. The van der Waals surface area contributed by atoms with E-state index in [0.717, 1.165) is 37.6 Å². The molecule has 43 heavy (non-hydrogen) atoms. The Hall–Kier alpha value is -4.65. The molecule has 0 saturated carbocycles. The van der Waals surface area contributed by atoms with Crippen LogP contribution in [-0.4, -0.2) is 44.9 Å². The van der Waals surface area contributed by atoms with Gasteiger partial charge in [-0.3, -0.25) is 10.3 Å². The van der Waals surface area contributed by atoms with Gasteiger partial charge in [0.05, 0.1) is 32.0 Å². The van der Waals surface area contributed by atoms with Gasteiger partial charge in [0.15, 0.2) is 23.1 Å². The highest BCUT2D eigenvalue weighted by atomic mass is 19.1. The van der Waals surface area contributed by atoms with Crippen molar-refractivity contribution in [3.8, 4) is 28.7 Å². The molecule has 12 heteroatoms. The van der Waals surface area contributed by atoms with Crippen molar-refractivity contribution in [2.45, 2.75) is 19.4 Å². The van der Waals surface area contributed by atoms with Crippen LogP contribution in [0.4, 0.5) is 14.9 Å². The van der Waals surface area contributed by atoms with Gasteiger partial charge in [-0.15, -0.1) is 0 Å². The summed E-state index contributed by atoms with van der Waals surface area (Å²) in [4.78, 5) is 16.7. The van der Waals surface area contributed by atoms with E-state index in [9.17, 15) is 10.0 Å². The average molecular weight is 592 g/mol. The number of carbonyl (C=O) groups is 1. The summed E-state index contributed by atoms with van der Waals surface area (Å²) >= 11 is 0. The van der Waals surface area contributed by atoms with Crippen LogP contribution in [0.15, 0.2) is 66.9 Å². The average Bonchev–Trinajstić information content (AvgIpc) is 3.04. The van der Waals surface area contributed by atoms with Crippen molar-refractivity contribution in [2.75, 3.05) is 39.3 Å². The number of piperidine rings is 1. The number of rotatable bonds is 11. The fourth-order valence-corrected chi connectivity index (χ4v) is 4.76. The molecule has 1 unspecified atom stereocenters. The number of ether oxygens (including phenoxy) is 4. The molecule has 1 aliphatic heterocycles. The first kappa shape index (κ1) is 29.8. The van der Waals surface area contributed by atoms with E-state index in [1.807, 2.05) is 0 Å². The van der Waals surface area contributed by atoms with Gasteiger partial charge in [0, 0.05) is 30.3 Å². The number of nitrogens with zero attached hydrogens (tertiary/aromatic N) is 1. The SMILES string of the molecule is COc1cccc(CNC(=O)[NH+]([O-])Nc2ccc(Oc3ccnc4cc(OCC5CCNCC5)c(OC)cc34)c(F)c2)c1. The number of halogens is 1. The highest BCUT2D eigenvalue weighted by Crippen LogP contribution is 2.38. The van der Waals surface area contributed by atoms with Gasteiger partial charge in [-0.05, 0) is 73.8 Å². The van der Waals surface area contributed by atoms with Crippen LogP contribution in [0.2, 0.25) is 0 Å². The number of aromatic nitrogens is 1. The molecule has 0 radical (unpaired) electrons. The van der Waals surface area contributed by atoms with Crippen LogP contribution in [-0.2, 0) is 6.54 Å². The second kappa shape index (κ2) is 14.0. The minimum atomic E-state index is -0.929. The number of hydroxylamine groups is 1. The standard InChI is InChI=1S/C31H34FN5O6/c1-40-23-5-3-4-21(14-23)18-35-31(38)37(39)36-22-6-7-28(25(32)15-22)43-27-10-13-34-26-17-30(29(41-2)16-24(26)27)42-19-20-8-11-33-12-9-20/h3-7,10,13-17,20,33,36-37H,8-9,11-12,18-19H2,1-2H3,(H,35,38). The zero-order valence-corrected chi connectivity index (χ0v) is 23.9. The number of nitrogens with one attached hydrogen (secondary N) is 4. The summed E-state index contributed by atoms with van der Waals surface area (Å²) in [7, 11) is 3.10. The van der Waals surface area contributed by atoms with E-state index in [4.69, 9.17) is 18.9 Å². The highest BCUT2D eigenvalue weighted by Gasteiger charge is 2.18. The molecule has 3 aromatic carbocycles. The molecule has 0 aliphatic carbocycles. The molecule has 0 bridgehead atoms. The van der Waals surface area contributed by atoms with Crippen LogP contribution in [0, 0.1) is 16.9 Å². The summed E-state index contributed by atoms with van der Waals surface area (Å²) in [5, 5.41) is 17.9. The maximum atomic E-state index is 15.1. The third-order valence-corrected chi connectivity index (χ3v) is 7.12. The van der Waals surface area contributed by atoms with Crippen LogP contribution in [0.25, 0.3) is 10.9 Å². The van der Waals surface area contributed by atoms with Crippen molar-refractivity contribution in [2.24, 2.45) is 5.92 Å². The molecule has 2 heterocycles. The van der Waals surface area contributed by atoms with Gasteiger partial charge in [-0.1, -0.05) is 12.1 Å². The zero-order valence-electron chi connectivity index (χ0n) is 23.9. The number of pyridine rings is 1. The topological polar surface area (TPSA) is 130 Å². The number of anilines is 1. The van der Waals surface area contributed by atoms with Crippen molar-refractivity contribution >= 4 is 22.6 Å². The number of benzene rings is 3. The first-order valence-corrected chi connectivity index (χ1v) is 13.9. The molecule has 0 spiro atoms. The van der Waals surface area contributed by atoms with Gasteiger partial charge in [0.25, 0.3) is 0 Å². The summed E-state index contributed by atoms with van der Waals surface area (Å²) in [6.45, 7) is 2.67. The maximum Gasteiger partial charge on any atom is 0.439 e. The predicted octanol–water partition coefficient (Wildman–Crippen LogP) is 4.18. The normalized spacial score (nSPS) is 14.1. The van der Waals surface area contributed by atoms with E-state index in [0.29, 0.717) is 46.4 Å². The molecule has 1 atom stereocenters. The van der Waals surface area contributed by atoms with E-state index in [1.54, 1.807) is 62.9 Å². The van der Waals surface area contributed by atoms with E-state index in [2.05, 4.69) is 21.0 Å². The van der Waals surface area contributed by atoms with E-state index in [-0.39, 0.29) is 18.0 Å². The molecule has 2 amide bonds. The molecule has 4 N–H and O–H groups in total. The quantitative estimate of drug-likeness (QED) is 0.190. The summed E-state index contributed by atoms with van der Waals surface area (Å²) in [5.41, 5.74) is 3.86. The lowest BCUT2D eigenvalue weighted by atomic mass is 9.99. The van der Waals surface area contributed by atoms with Crippen LogP contribution in [0.3, 0.4) is 0 Å². The summed E-state index contributed by atoms with van der Waals surface area (Å²) in [5.74, 6) is 1.76. The van der Waals surface area contributed by atoms with Crippen molar-refractivity contribution < 1.29 is 33.3 Å². The predicted molar refractivity (Wildman–Crippen MR) is 159 cm³/mol. The number of methoxy groups -OCH3 is 2. The second-order valence-electron chi connectivity index (χ2n) is 10.1. The minimum Gasteiger partial charge on any atom is -0.599 e. The molecule has 5 rings (SSSR count). The van der Waals surface area contributed by atoms with Gasteiger partial charge in [0.1, 0.15) is 11.5 Å². The summed E-state index contributed by atoms with van der Waals surface area (Å²) in [6, 6.07) is 15.3. The number of hydrogen-bond acceptors (Lipinski definition) is 9. The van der Waals surface area contributed by atoms with Crippen molar-refractivity contribution in [1.29, 1.82) is 0 Å². The van der Waals surface area contributed by atoms with E-state index >= 15 is 4.39 Å². The lowest BCUT2D eigenvalue weighted by molar-refractivity contribution is -0.732. The Morgan fingerprint density at radius 3 is 2.63 bits per heavy atom. The molecule has 4 aromatic rings. The number of carbonyl (C=O) groups excluding carboxylic acids is 1. The summed E-state index contributed by atoms with van der Waals surface area (Å²) in [6.07, 6.45) is 3.67. The van der Waals surface area contributed by atoms with Gasteiger partial charge < -0.3 is 29.5 Å². The molecule has 1 fully saturated rings. The Balaban J connectivity index is 1.23. The number of quaternary nitrogens is 1. The Kier molecular flexibility index (Phi) is 9.72. The molecular formula is C31H34FN5O6. The van der Waals surface area contributed by atoms with Crippen molar-refractivity contribution in [3.05, 3.63) is 83.4 Å². The molecule has 1 aliphatic rings. The lowest BCUT2D eigenvalue weighted by Crippen LogP contribution is -3.14. The third-order valence-electron chi connectivity index (χ3n) is 7.12. The first-order valence-electron chi connectivity index (χ1n) is 13.9. The Morgan fingerprint density at radius 2 is 1.86 bits per heavy atom.